The fraction of sp³-hybridized carbons (Fsp3) is 0.278. The van der Waals surface area contributed by atoms with Gasteiger partial charge in [0.1, 0.15) is 5.03 Å². The van der Waals surface area contributed by atoms with Gasteiger partial charge in [0, 0.05) is 17.0 Å². The largest absolute Gasteiger partial charge is 0.301 e. The summed E-state index contributed by atoms with van der Waals surface area (Å²) in [5, 5.41) is 7.42. The van der Waals surface area contributed by atoms with Crippen molar-refractivity contribution in [1.82, 2.24) is 9.97 Å². The molecule has 4 nitrogen and oxygen atoms in total. The van der Waals surface area contributed by atoms with Gasteiger partial charge in [-0.25, -0.2) is 9.97 Å². The van der Waals surface area contributed by atoms with Crippen LogP contribution in [0, 0.1) is 13.8 Å². The number of hydrogen-bond donors (Lipinski definition) is 1. The van der Waals surface area contributed by atoms with E-state index in [1.54, 1.807) is 6.20 Å². The van der Waals surface area contributed by atoms with Gasteiger partial charge in [-0.2, -0.15) is 0 Å². The van der Waals surface area contributed by atoms with Gasteiger partial charge in [0.05, 0.1) is 11.3 Å². The van der Waals surface area contributed by atoms with Crippen LogP contribution in [-0.4, -0.2) is 21.6 Å². The second kappa shape index (κ2) is 7.32. The van der Waals surface area contributed by atoms with Crippen LogP contribution >= 0.6 is 23.1 Å². The molecule has 1 amide bonds. The van der Waals surface area contributed by atoms with E-state index in [4.69, 9.17) is 4.98 Å². The van der Waals surface area contributed by atoms with Crippen LogP contribution in [0.25, 0.3) is 10.9 Å². The third-order valence-corrected chi connectivity index (χ3v) is 5.56. The fourth-order valence-corrected chi connectivity index (χ4v) is 3.94. The van der Waals surface area contributed by atoms with Crippen molar-refractivity contribution in [2.45, 2.75) is 32.2 Å². The van der Waals surface area contributed by atoms with Gasteiger partial charge < -0.3 is 5.32 Å². The Hall–Kier alpha value is -1.92. The number of nitrogens with one attached hydrogen (secondary N) is 1. The van der Waals surface area contributed by atoms with Gasteiger partial charge in [-0.1, -0.05) is 30.8 Å². The Morgan fingerprint density at radius 2 is 2.08 bits per heavy atom. The van der Waals surface area contributed by atoms with Gasteiger partial charge in [-0.05, 0) is 43.0 Å². The van der Waals surface area contributed by atoms with Crippen molar-refractivity contribution >= 4 is 45.0 Å². The average molecular weight is 358 g/mol. The Balaban J connectivity index is 1.83. The normalized spacial score (nSPS) is 11.0. The lowest BCUT2D eigenvalue weighted by atomic mass is 10.0. The Morgan fingerprint density at radius 3 is 2.79 bits per heavy atom. The standard InChI is InChI=1S/C18H19N3OS2/c1-4-13-9-14-11(2)5-6-12(3)16(14)21-17(13)24-10-15(22)20-18-19-7-8-23-18/h5-9H,4,10H2,1-3H3,(H,19,20,22). The number of carbonyl (C=O) groups excluding carboxylic acids is 1. The summed E-state index contributed by atoms with van der Waals surface area (Å²) in [6.07, 6.45) is 2.57. The molecule has 0 saturated heterocycles. The van der Waals surface area contributed by atoms with Crippen LogP contribution < -0.4 is 5.32 Å². The number of benzene rings is 1. The van der Waals surface area contributed by atoms with Crippen molar-refractivity contribution in [3.05, 3.63) is 46.5 Å². The van der Waals surface area contributed by atoms with Crippen LogP contribution in [0.2, 0.25) is 0 Å². The molecule has 0 aliphatic heterocycles. The molecule has 2 heterocycles. The highest BCUT2D eigenvalue weighted by Crippen LogP contribution is 2.29. The summed E-state index contributed by atoms with van der Waals surface area (Å²) in [6, 6.07) is 6.44. The molecular weight excluding hydrogens is 338 g/mol. The van der Waals surface area contributed by atoms with Crippen LogP contribution in [-0.2, 0) is 11.2 Å². The maximum Gasteiger partial charge on any atom is 0.236 e. The minimum Gasteiger partial charge on any atom is -0.301 e. The number of anilines is 1. The van der Waals surface area contributed by atoms with E-state index in [0.29, 0.717) is 10.9 Å². The molecule has 0 unspecified atom stereocenters. The van der Waals surface area contributed by atoms with Gasteiger partial charge in [0.15, 0.2) is 5.13 Å². The number of aryl methyl sites for hydroxylation is 3. The SMILES string of the molecule is CCc1cc2c(C)ccc(C)c2nc1SCC(=O)Nc1nccs1. The molecule has 3 rings (SSSR count). The zero-order chi connectivity index (χ0) is 17.1. The number of fused-ring (bicyclic) bond motifs is 1. The monoisotopic (exact) mass is 357 g/mol. The maximum atomic E-state index is 12.1. The number of aromatic nitrogens is 2. The summed E-state index contributed by atoms with van der Waals surface area (Å²) >= 11 is 2.90. The number of nitrogens with zero attached hydrogens (tertiary/aromatic N) is 2. The second-order valence-corrected chi connectivity index (χ2v) is 7.43. The van der Waals surface area contributed by atoms with E-state index in [-0.39, 0.29) is 5.91 Å². The number of hydrogen-bond acceptors (Lipinski definition) is 5. The van der Waals surface area contributed by atoms with Crippen LogP contribution in [0.15, 0.2) is 34.8 Å². The summed E-state index contributed by atoms with van der Waals surface area (Å²) in [5.74, 6) is 0.274. The molecule has 0 radical (unpaired) electrons. The molecule has 0 saturated carbocycles. The summed E-state index contributed by atoms with van der Waals surface area (Å²) in [5.41, 5.74) is 4.60. The summed E-state index contributed by atoms with van der Waals surface area (Å²) in [4.78, 5) is 21.0. The quantitative estimate of drug-likeness (QED) is 0.678. The first-order valence-corrected chi connectivity index (χ1v) is 9.67. The van der Waals surface area contributed by atoms with Crippen molar-refractivity contribution in [2.75, 3.05) is 11.1 Å². The van der Waals surface area contributed by atoms with E-state index >= 15 is 0 Å². The van der Waals surface area contributed by atoms with E-state index in [9.17, 15) is 4.79 Å². The number of pyridine rings is 1. The zero-order valence-corrected chi connectivity index (χ0v) is 15.6. The molecular formula is C18H19N3OS2. The maximum absolute atomic E-state index is 12.1. The Kier molecular flexibility index (Phi) is 5.16. The van der Waals surface area contributed by atoms with Gasteiger partial charge in [-0.3, -0.25) is 4.79 Å². The second-order valence-electron chi connectivity index (χ2n) is 5.58. The number of thioether (sulfide) groups is 1. The van der Waals surface area contributed by atoms with E-state index in [0.717, 1.165) is 22.5 Å². The lowest BCUT2D eigenvalue weighted by Gasteiger charge is -2.12. The molecule has 3 aromatic rings. The van der Waals surface area contributed by atoms with Gasteiger partial charge in [0.25, 0.3) is 0 Å². The van der Waals surface area contributed by atoms with Crippen molar-refractivity contribution in [1.29, 1.82) is 0 Å². The summed E-state index contributed by atoms with van der Waals surface area (Å²) in [6.45, 7) is 6.30. The molecule has 0 aliphatic rings. The molecule has 124 valence electrons. The number of amides is 1. The van der Waals surface area contributed by atoms with Crippen molar-refractivity contribution in [2.24, 2.45) is 0 Å². The average Bonchev–Trinajstić information content (AvgIpc) is 3.08. The highest BCUT2D eigenvalue weighted by Gasteiger charge is 2.12. The summed E-state index contributed by atoms with van der Waals surface area (Å²) in [7, 11) is 0. The highest BCUT2D eigenvalue weighted by atomic mass is 32.2. The highest BCUT2D eigenvalue weighted by molar-refractivity contribution is 8.00. The molecule has 0 fully saturated rings. The number of carbonyl (C=O) groups is 1. The van der Waals surface area contributed by atoms with Crippen molar-refractivity contribution in [3.63, 3.8) is 0 Å². The first kappa shape index (κ1) is 16.9. The number of thiazole rings is 1. The molecule has 24 heavy (non-hydrogen) atoms. The molecule has 0 spiro atoms. The van der Waals surface area contributed by atoms with Gasteiger partial charge in [-0.15, -0.1) is 11.3 Å². The Labute approximate surface area is 149 Å². The van der Waals surface area contributed by atoms with Crippen LogP contribution in [0.1, 0.15) is 23.6 Å². The molecule has 2 aromatic heterocycles. The molecule has 6 heteroatoms. The molecule has 0 bridgehead atoms. The molecule has 1 N–H and O–H groups in total. The van der Waals surface area contributed by atoms with Crippen molar-refractivity contribution in [3.8, 4) is 0 Å². The number of rotatable bonds is 5. The predicted molar refractivity (Wildman–Crippen MR) is 102 cm³/mol. The smallest absolute Gasteiger partial charge is 0.236 e. The minimum absolute atomic E-state index is 0.0557. The molecule has 0 atom stereocenters. The first-order chi connectivity index (χ1) is 11.6. The first-order valence-electron chi connectivity index (χ1n) is 7.80. The van der Waals surface area contributed by atoms with E-state index < -0.39 is 0 Å². The fourth-order valence-electron chi connectivity index (χ4n) is 2.51. The molecule has 1 aromatic carbocycles. The minimum atomic E-state index is -0.0557. The topological polar surface area (TPSA) is 54.9 Å². The Morgan fingerprint density at radius 1 is 1.29 bits per heavy atom. The van der Waals surface area contributed by atoms with Crippen LogP contribution in [0.4, 0.5) is 5.13 Å². The molecule has 0 aliphatic carbocycles. The van der Waals surface area contributed by atoms with E-state index in [1.165, 1.54) is 39.6 Å². The third kappa shape index (κ3) is 3.60. The zero-order valence-electron chi connectivity index (χ0n) is 13.9. The lowest BCUT2D eigenvalue weighted by molar-refractivity contribution is -0.113. The van der Waals surface area contributed by atoms with Crippen molar-refractivity contribution < 1.29 is 4.79 Å². The van der Waals surface area contributed by atoms with E-state index in [2.05, 4.69) is 49.3 Å². The van der Waals surface area contributed by atoms with Crippen LogP contribution in [0.3, 0.4) is 0 Å². The van der Waals surface area contributed by atoms with Gasteiger partial charge in [0.2, 0.25) is 5.91 Å². The third-order valence-electron chi connectivity index (χ3n) is 3.84. The van der Waals surface area contributed by atoms with E-state index in [1.807, 2.05) is 5.38 Å². The summed E-state index contributed by atoms with van der Waals surface area (Å²) < 4.78 is 0. The van der Waals surface area contributed by atoms with Crippen LogP contribution in [0.5, 0.6) is 0 Å². The Bertz CT molecular complexity index is 876. The van der Waals surface area contributed by atoms with Gasteiger partial charge >= 0.3 is 0 Å². The lowest BCUT2D eigenvalue weighted by Crippen LogP contribution is -2.14. The predicted octanol–water partition coefficient (Wildman–Crippen LogP) is 4.60.